The van der Waals surface area contributed by atoms with Gasteiger partial charge in [-0.15, -0.1) is 5.10 Å². The number of hydrogen-bond acceptors (Lipinski definition) is 5. The average molecular weight is 323 g/mol. The maximum Gasteiger partial charge on any atom is 0.254 e. The van der Waals surface area contributed by atoms with E-state index in [1.807, 2.05) is 36.4 Å². The van der Waals surface area contributed by atoms with Gasteiger partial charge in [-0.3, -0.25) is 4.79 Å². The molecule has 0 fully saturated rings. The SMILES string of the molecule is Cc1nnnn1-c1ccccc1C(=O)N[C@@H](CO)c1ccccc1. The molecular weight excluding hydrogens is 306 g/mol. The van der Waals surface area contributed by atoms with Crippen molar-refractivity contribution in [2.75, 3.05) is 6.61 Å². The van der Waals surface area contributed by atoms with Crippen molar-refractivity contribution in [2.45, 2.75) is 13.0 Å². The van der Waals surface area contributed by atoms with Gasteiger partial charge in [0.15, 0.2) is 5.82 Å². The number of benzene rings is 2. The Morgan fingerprint density at radius 2 is 1.88 bits per heavy atom. The topological polar surface area (TPSA) is 92.9 Å². The summed E-state index contributed by atoms with van der Waals surface area (Å²) in [6, 6.07) is 15.9. The average Bonchev–Trinajstić information content (AvgIpc) is 3.06. The van der Waals surface area contributed by atoms with Gasteiger partial charge in [-0.2, -0.15) is 4.68 Å². The second kappa shape index (κ2) is 7.01. The summed E-state index contributed by atoms with van der Waals surface area (Å²) in [5.74, 6) is 0.278. The van der Waals surface area contributed by atoms with Crippen LogP contribution in [0.5, 0.6) is 0 Å². The van der Waals surface area contributed by atoms with Gasteiger partial charge in [-0.05, 0) is 35.0 Å². The molecule has 0 saturated carbocycles. The van der Waals surface area contributed by atoms with Crippen molar-refractivity contribution in [1.82, 2.24) is 25.5 Å². The molecule has 7 nitrogen and oxygen atoms in total. The molecule has 3 rings (SSSR count). The Kier molecular flexibility index (Phi) is 4.62. The maximum atomic E-state index is 12.7. The van der Waals surface area contributed by atoms with Crippen LogP contribution in [-0.2, 0) is 0 Å². The van der Waals surface area contributed by atoms with Gasteiger partial charge >= 0.3 is 0 Å². The molecule has 0 radical (unpaired) electrons. The molecule has 0 spiro atoms. The normalized spacial score (nSPS) is 11.9. The maximum absolute atomic E-state index is 12.7. The van der Waals surface area contributed by atoms with Gasteiger partial charge < -0.3 is 10.4 Å². The zero-order valence-electron chi connectivity index (χ0n) is 13.1. The Bertz CT molecular complexity index is 832. The highest BCUT2D eigenvalue weighted by Gasteiger charge is 2.19. The molecule has 24 heavy (non-hydrogen) atoms. The molecule has 0 saturated heterocycles. The van der Waals surface area contributed by atoms with Crippen LogP contribution < -0.4 is 5.32 Å². The zero-order chi connectivity index (χ0) is 16.9. The molecule has 7 heteroatoms. The van der Waals surface area contributed by atoms with Gasteiger partial charge in [0.25, 0.3) is 5.91 Å². The van der Waals surface area contributed by atoms with Crippen molar-refractivity contribution in [1.29, 1.82) is 0 Å². The number of nitrogens with zero attached hydrogens (tertiary/aromatic N) is 4. The summed E-state index contributed by atoms with van der Waals surface area (Å²) in [6.45, 7) is 1.57. The fourth-order valence-electron chi connectivity index (χ4n) is 2.46. The van der Waals surface area contributed by atoms with Gasteiger partial charge in [0.05, 0.1) is 23.9 Å². The zero-order valence-corrected chi connectivity index (χ0v) is 13.1. The molecule has 2 N–H and O–H groups in total. The van der Waals surface area contributed by atoms with E-state index in [-0.39, 0.29) is 12.5 Å². The first kappa shape index (κ1) is 15.8. The van der Waals surface area contributed by atoms with E-state index < -0.39 is 6.04 Å². The minimum Gasteiger partial charge on any atom is -0.394 e. The Morgan fingerprint density at radius 1 is 1.17 bits per heavy atom. The summed E-state index contributed by atoms with van der Waals surface area (Å²) in [4.78, 5) is 12.7. The molecule has 0 bridgehead atoms. The van der Waals surface area contributed by atoms with Gasteiger partial charge in [0, 0.05) is 0 Å². The number of rotatable bonds is 5. The number of carbonyl (C=O) groups excluding carboxylic acids is 1. The number of aromatic nitrogens is 4. The van der Waals surface area contributed by atoms with E-state index in [1.165, 1.54) is 4.68 Å². The smallest absolute Gasteiger partial charge is 0.254 e. The largest absolute Gasteiger partial charge is 0.394 e. The summed E-state index contributed by atoms with van der Waals surface area (Å²) >= 11 is 0. The summed E-state index contributed by atoms with van der Waals surface area (Å²) in [5, 5.41) is 23.8. The van der Waals surface area contributed by atoms with Crippen LogP contribution in [0, 0.1) is 6.92 Å². The van der Waals surface area contributed by atoms with Crippen LogP contribution in [-0.4, -0.2) is 37.8 Å². The molecule has 0 aliphatic rings. The summed E-state index contributed by atoms with van der Waals surface area (Å²) in [6.07, 6.45) is 0. The quantitative estimate of drug-likeness (QED) is 0.741. The Hall–Kier alpha value is -3.06. The molecule has 2 aromatic carbocycles. The lowest BCUT2D eigenvalue weighted by molar-refractivity contribution is 0.0916. The predicted molar refractivity (Wildman–Crippen MR) is 87.6 cm³/mol. The van der Waals surface area contributed by atoms with Gasteiger partial charge in [0.1, 0.15) is 0 Å². The standard InChI is InChI=1S/C17H17N5O2/c1-12-19-20-21-22(12)16-10-6-5-9-14(16)17(24)18-15(11-23)13-7-3-2-4-8-13/h2-10,15,23H,11H2,1H3,(H,18,24)/t15-/m0/s1. The lowest BCUT2D eigenvalue weighted by Crippen LogP contribution is -2.31. The summed E-state index contributed by atoms with van der Waals surface area (Å²) in [7, 11) is 0. The highest BCUT2D eigenvalue weighted by atomic mass is 16.3. The number of amides is 1. The van der Waals surface area contributed by atoms with E-state index in [0.29, 0.717) is 17.1 Å². The van der Waals surface area contributed by atoms with Crippen molar-refractivity contribution >= 4 is 5.91 Å². The molecule has 1 aromatic heterocycles. The second-order valence-corrected chi connectivity index (χ2v) is 5.27. The molecule has 0 aliphatic carbocycles. The van der Waals surface area contributed by atoms with Gasteiger partial charge in [-0.1, -0.05) is 42.5 Å². The number of carbonyl (C=O) groups is 1. The summed E-state index contributed by atoms with van der Waals surface area (Å²) in [5.41, 5.74) is 1.86. The lowest BCUT2D eigenvalue weighted by atomic mass is 10.1. The number of aliphatic hydroxyl groups is 1. The minimum atomic E-state index is -0.485. The Morgan fingerprint density at radius 3 is 2.54 bits per heavy atom. The minimum absolute atomic E-state index is 0.193. The molecule has 122 valence electrons. The molecular formula is C17H17N5O2. The fraction of sp³-hybridized carbons (Fsp3) is 0.176. The number of tetrazole rings is 1. The van der Waals surface area contributed by atoms with Crippen LogP contribution >= 0.6 is 0 Å². The second-order valence-electron chi connectivity index (χ2n) is 5.27. The molecule has 3 aromatic rings. The Labute approximate surface area is 138 Å². The first-order valence-electron chi connectivity index (χ1n) is 7.51. The van der Waals surface area contributed by atoms with Crippen LogP contribution in [0.4, 0.5) is 0 Å². The third kappa shape index (κ3) is 3.16. The van der Waals surface area contributed by atoms with Crippen LogP contribution in [0.1, 0.15) is 27.8 Å². The van der Waals surface area contributed by atoms with E-state index in [0.717, 1.165) is 5.56 Å². The van der Waals surface area contributed by atoms with Gasteiger partial charge in [0.2, 0.25) is 0 Å². The molecule has 1 amide bonds. The molecule has 0 aliphatic heterocycles. The number of nitrogens with one attached hydrogen (secondary N) is 1. The van der Waals surface area contributed by atoms with Crippen LogP contribution in [0.25, 0.3) is 5.69 Å². The first-order chi connectivity index (χ1) is 11.7. The van der Waals surface area contributed by atoms with E-state index in [2.05, 4.69) is 20.8 Å². The van der Waals surface area contributed by atoms with Crippen molar-refractivity contribution in [3.63, 3.8) is 0 Å². The van der Waals surface area contributed by atoms with E-state index >= 15 is 0 Å². The fourth-order valence-corrected chi connectivity index (χ4v) is 2.46. The first-order valence-corrected chi connectivity index (χ1v) is 7.51. The molecule has 1 heterocycles. The van der Waals surface area contributed by atoms with Crippen LogP contribution in [0.3, 0.4) is 0 Å². The van der Waals surface area contributed by atoms with Crippen molar-refractivity contribution in [3.05, 3.63) is 71.5 Å². The highest BCUT2D eigenvalue weighted by molar-refractivity contribution is 5.98. The highest BCUT2D eigenvalue weighted by Crippen LogP contribution is 2.17. The van der Waals surface area contributed by atoms with Crippen molar-refractivity contribution in [2.24, 2.45) is 0 Å². The summed E-state index contributed by atoms with van der Waals surface area (Å²) < 4.78 is 1.51. The number of aryl methyl sites for hydroxylation is 1. The van der Waals surface area contributed by atoms with E-state index in [4.69, 9.17) is 0 Å². The Balaban J connectivity index is 1.90. The predicted octanol–water partition coefficient (Wildman–Crippen LogP) is 1.43. The number of aliphatic hydroxyl groups excluding tert-OH is 1. The van der Waals surface area contributed by atoms with E-state index in [9.17, 15) is 9.90 Å². The monoisotopic (exact) mass is 323 g/mol. The van der Waals surface area contributed by atoms with Gasteiger partial charge in [-0.25, -0.2) is 0 Å². The van der Waals surface area contributed by atoms with Crippen LogP contribution in [0.15, 0.2) is 54.6 Å². The lowest BCUT2D eigenvalue weighted by Gasteiger charge is -2.18. The van der Waals surface area contributed by atoms with Crippen LogP contribution in [0.2, 0.25) is 0 Å². The van der Waals surface area contributed by atoms with Crippen molar-refractivity contribution < 1.29 is 9.90 Å². The molecule has 0 unspecified atom stereocenters. The third-order valence-corrected chi connectivity index (χ3v) is 3.69. The van der Waals surface area contributed by atoms with Crippen molar-refractivity contribution in [3.8, 4) is 5.69 Å². The number of para-hydroxylation sites is 1. The van der Waals surface area contributed by atoms with E-state index in [1.54, 1.807) is 25.1 Å². The third-order valence-electron chi connectivity index (χ3n) is 3.69. The molecule has 1 atom stereocenters. The number of hydrogen-bond donors (Lipinski definition) is 2.